The fraction of sp³-hybridized carbons (Fsp3) is 0.400. The number of aryl methyl sites for hydroxylation is 1. The molecule has 0 spiro atoms. The molecule has 0 atom stereocenters. The van der Waals surface area contributed by atoms with E-state index >= 15 is 0 Å². The number of amides is 1. The number of aromatic nitrogens is 2. The van der Waals surface area contributed by atoms with Gasteiger partial charge in [0.1, 0.15) is 6.54 Å². The van der Waals surface area contributed by atoms with E-state index < -0.39 is 0 Å². The van der Waals surface area contributed by atoms with Gasteiger partial charge >= 0.3 is 0 Å². The number of hydrogen-bond donors (Lipinski definition) is 2. The van der Waals surface area contributed by atoms with E-state index in [9.17, 15) is 4.79 Å². The summed E-state index contributed by atoms with van der Waals surface area (Å²) in [6, 6.07) is 0. The summed E-state index contributed by atoms with van der Waals surface area (Å²) in [6.45, 7) is 4.00. The van der Waals surface area contributed by atoms with Crippen LogP contribution in [0.25, 0.3) is 0 Å². The van der Waals surface area contributed by atoms with Gasteiger partial charge < -0.3 is 11.1 Å². The Labute approximate surface area is 88.6 Å². The molecule has 0 aromatic carbocycles. The average molecular weight is 206 g/mol. The minimum atomic E-state index is -0.168. The monoisotopic (exact) mass is 206 g/mol. The molecule has 1 amide bonds. The molecular weight excluding hydrogens is 192 g/mol. The quantitative estimate of drug-likeness (QED) is 0.674. The Bertz CT molecular complexity index is 414. The number of terminal acetylenes is 1. The molecule has 80 valence electrons. The van der Waals surface area contributed by atoms with Crippen molar-refractivity contribution in [2.24, 2.45) is 0 Å². The zero-order valence-electron chi connectivity index (χ0n) is 8.87. The molecule has 0 aliphatic rings. The van der Waals surface area contributed by atoms with Crippen LogP contribution in [-0.2, 0) is 11.3 Å². The lowest BCUT2D eigenvalue weighted by molar-refractivity contribution is -0.121. The van der Waals surface area contributed by atoms with Crippen LogP contribution in [0.3, 0.4) is 0 Å². The highest BCUT2D eigenvalue weighted by atomic mass is 16.2. The summed E-state index contributed by atoms with van der Waals surface area (Å²) in [7, 11) is 0. The van der Waals surface area contributed by atoms with Crippen molar-refractivity contribution in [1.29, 1.82) is 0 Å². The van der Waals surface area contributed by atoms with Gasteiger partial charge in [0, 0.05) is 0 Å². The van der Waals surface area contributed by atoms with Crippen LogP contribution in [0.2, 0.25) is 0 Å². The predicted molar refractivity (Wildman–Crippen MR) is 58.0 cm³/mol. The molecule has 5 nitrogen and oxygen atoms in total. The second-order valence-corrected chi connectivity index (χ2v) is 3.22. The molecule has 5 heteroatoms. The molecule has 1 heterocycles. The Kier molecular flexibility index (Phi) is 3.34. The Morgan fingerprint density at radius 1 is 1.67 bits per heavy atom. The normalized spacial score (nSPS) is 9.67. The molecule has 0 bridgehead atoms. The lowest BCUT2D eigenvalue weighted by atomic mass is 10.3. The van der Waals surface area contributed by atoms with Crippen molar-refractivity contribution >= 4 is 11.6 Å². The summed E-state index contributed by atoms with van der Waals surface area (Å²) in [5.74, 6) is 2.16. The van der Waals surface area contributed by atoms with Crippen LogP contribution in [0.4, 0.5) is 5.69 Å². The van der Waals surface area contributed by atoms with E-state index in [0.717, 1.165) is 11.4 Å². The summed E-state index contributed by atoms with van der Waals surface area (Å²) in [5, 5.41) is 6.70. The first-order valence-electron chi connectivity index (χ1n) is 4.56. The number of nitrogens with two attached hydrogens (primary N) is 1. The maximum atomic E-state index is 11.3. The van der Waals surface area contributed by atoms with E-state index in [1.165, 1.54) is 0 Å². The number of nitrogens with one attached hydrogen (secondary N) is 1. The molecule has 0 saturated heterocycles. The van der Waals surface area contributed by atoms with Gasteiger partial charge in [-0.05, 0) is 13.8 Å². The molecule has 0 aliphatic heterocycles. The van der Waals surface area contributed by atoms with Gasteiger partial charge in [-0.1, -0.05) is 5.92 Å². The Morgan fingerprint density at radius 3 is 2.80 bits per heavy atom. The Morgan fingerprint density at radius 2 is 2.33 bits per heavy atom. The third-order valence-electron chi connectivity index (χ3n) is 2.12. The van der Waals surface area contributed by atoms with Gasteiger partial charge in [-0.15, -0.1) is 6.42 Å². The second kappa shape index (κ2) is 4.51. The van der Waals surface area contributed by atoms with Crippen molar-refractivity contribution in [3.8, 4) is 12.3 Å². The van der Waals surface area contributed by atoms with Crippen LogP contribution in [0.15, 0.2) is 0 Å². The summed E-state index contributed by atoms with van der Waals surface area (Å²) in [6.07, 6.45) is 5.02. The predicted octanol–water partition coefficient (Wildman–Crippen LogP) is -0.168. The third-order valence-corrected chi connectivity index (χ3v) is 2.12. The number of carbonyl (C=O) groups is 1. The van der Waals surface area contributed by atoms with Crippen LogP contribution in [0.1, 0.15) is 11.4 Å². The summed E-state index contributed by atoms with van der Waals surface area (Å²) >= 11 is 0. The molecule has 0 radical (unpaired) electrons. The number of nitrogen functional groups attached to an aromatic ring is 1. The van der Waals surface area contributed by atoms with Crippen LogP contribution in [0, 0.1) is 26.2 Å². The lowest BCUT2D eigenvalue weighted by Crippen LogP contribution is -2.28. The maximum absolute atomic E-state index is 11.3. The van der Waals surface area contributed by atoms with Gasteiger partial charge in [0.25, 0.3) is 0 Å². The zero-order chi connectivity index (χ0) is 11.4. The van der Waals surface area contributed by atoms with Crippen molar-refractivity contribution in [3.63, 3.8) is 0 Å². The number of carbonyl (C=O) groups excluding carboxylic acids is 1. The standard InChI is InChI=1S/C10H14N4O/c1-4-5-12-9(15)6-14-8(3)10(11)7(2)13-14/h1H,5-6,11H2,2-3H3,(H,12,15). The summed E-state index contributed by atoms with van der Waals surface area (Å²) in [4.78, 5) is 11.3. The van der Waals surface area contributed by atoms with E-state index in [-0.39, 0.29) is 19.0 Å². The van der Waals surface area contributed by atoms with Crippen LogP contribution in [-0.4, -0.2) is 22.2 Å². The molecule has 1 rings (SSSR count). The van der Waals surface area contributed by atoms with Gasteiger partial charge in [0.15, 0.2) is 0 Å². The summed E-state index contributed by atoms with van der Waals surface area (Å²) in [5.41, 5.74) is 7.88. The van der Waals surface area contributed by atoms with Gasteiger partial charge in [0.2, 0.25) is 5.91 Å². The highest BCUT2D eigenvalue weighted by molar-refractivity contribution is 5.76. The van der Waals surface area contributed by atoms with Crippen LogP contribution in [0.5, 0.6) is 0 Å². The molecule has 1 aromatic heterocycles. The molecular formula is C10H14N4O. The fourth-order valence-corrected chi connectivity index (χ4v) is 1.21. The van der Waals surface area contributed by atoms with Crippen molar-refractivity contribution in [1.82, 2.24) is 15.1 Å². The van der Waals surface area contributed by atoms with Crippen molar-refractivity contribution < 1.29 is 4.79 Å². The largest absolute Gasteiger partial charge is 0.396 e. The molecule has 0 unspecified atom stereocenters. The molecule has 1 aromatic rings. The third kappa shape index (κ3) is 2.50. The van der Waals surface area contributed by atoms with Crippen LogP contribution < -0.4 is 11.1 Å². The number of nitrogens with zero attached hydrogens (tertiary/aromatic N) is 2. The number of rotatable bonds is 3. The number of anilines is 1. The van der Waals surface area contributed by atoms with E-state index in [4.69, 9.17) is 12.2 Å². The highest BCUT2D eigenvalue weighted by Crippen LogP contribution is 2.14. The van der Waals surface area contributed by atoms with Crippen molar-refractivity contribution in [2.75, 3.05) is 12.3 Å². The van der Waals surface area contributed by atoms with Crippen molar-refractivity contribution in [3.05, 3.63) is 11.4 Å². The number of hydrogen-bond acceptors (Lipinski definition) is 3. The van der Waals surface area contributed by atoms with Gasteiger partial charge in [-0.2, -0.15) is 5.10 Å². The topological polar surface area (TPSA) is 72.9 Å². The smallest absolute Gasteiger partial charge is 0.242 e. The van der Waals surface area contributed by atoms with Gasteiger partial charge in [-0.25, -0.2) is 0 Å². The van der Waals surface area contributed by atoms with Crippen molar-refractivity contribution in [2.45, 2.75) is 20.4 Å². The molecule has 3 N–H and O–H groups in total. The van der Waals surface area contributed by atoms with E-state index in [1.54, 1.807) is 11.6 Å². The first-order valence-corrected chi connectivity index (χ1v) is 4.56. The zero-order valence-corrected chi connectivity index (χ0v) is 8.87. The fourth-order valence-electron chi connectivity index (χ4n) is 1.21. The highest BCUT2D eigenvalue weighted by Gasteiger charge is 2.10. The lowest BCUT2D eigenvalue weighted by Gasteiger charge is -2.03. The first-order chi connectivity index (χ1) is 7.06. The molecule has 15 heavy (non-hydrogen) atoms. The van der Waals surface area contributed by atoms with E-state index in [0.29, 0.717) is 5.69 Å². The second-order valence-electron chi connectivity index (χ2n) is 3.22. The molecule has 0 fully saturated rings. The summed E-state index contributed by atoms with van der Waals surface area (Å²) < 4.78 is 1.57. The maximum Gasteiger partial charge on any atom is 0.242 e. The van der Waals surface area contributed by atoms with Crippen LogP contribution >= 0.6 is 0 Å². The minimum Gasteiger partial charge on any atom is -0.396 e. The van der Waals surface area contributed by atoms with Gasteiger partial charge in [-0.3, -0.25) is 9.48 Å². The minimum absolute atomic E-state index is 0.144. The van der Waals surface area contributed by atoms with Gasteiger partial charge in [0.05, 0.1) is 23.6 Å². The van der Waals surface area contributed by atoms with E-state index in [2.05, 4.69) is 16.3 Å². The SMILES string of the molecule is C#CCNC(=O)Cn1nc(C)c(N)c1C. The Balaban J connectivity index is 2.69. The molecule has 0 saturated carbocycles. The first kappa shape index (κ1) is 11.1. The van der Waals surface area contributed by atoms with E-state index in [1.807, 2.05) is 6.92 Å². The average Bonchev–Trinajstić information content (AvgIpc) is 2.43. The Hall–Kier alpha value is -1.96. The molecule has 0 aliphatic carbocycles.